The number of aromatic nitrogens is 2. The predicted molar refractivity (Wildman–Crippen MR) is 147 cm³/mol. The zero-order valence-corrected chi connectivity index (χ0v) is 22.1. The number of benzene rings is 2. The fourth-order valence-corrected chi connectivity index (χ4v) is 4.75. The van der Waals surface area contributed by atoms with Crippen molar-refractivity contribution in [2.45, 2.75) is 25.9 Å². The lowest BCUT2D eigenvalue weighted by Gasteiger charge is -2.16. The Morgan fingerprint density at radius 3 is 1.31 bits per heavy atom. The summed E-state index contributed by atoms with van der Waals surface area (Å²) in [5, 5.41) is 1.05. The van der Waals surface area contributed by atoms with Gasteiger partial charge in [0.1, 0.15) is 0 Å². The van der Waals surface area contributed by atoms with Crippen LogP contribution in [-0.2, 0) is 0 Å². The molecule has 4 rings (SSSR count). The number of methoxy groups -OCH3 is 2. The van der Waals surface area contributed by atoms with Gasteiger partial charge in [-0.15, -0.1) is 0 Å². The molecule has 8 heteroatoms. The summed E-state index contributed by atoms with van der Waals surface area (Å²) < 4.78 is 10.9. The summed E-state index contributed by atoms with van der Waals surface area (Å²) >= 11 is 13.9. The van der Waals surface area contributed by atoms with E-state index in [9.17, 15) is 0 Å². The van der Waals surface area contributed by atoms with Gasteiger partial charge < -0.3 is 20.9 Å². The zero-order chi connectivity index (χ0) is 26.0. The Labute approximate surface area is 221 Å². The molecule has 0 aliphatic carbocycles. The Balaban J connectivity index is 1.81. The van der Waals surface area contributed by atoms with Crippen molar-refractivity contribution in [3.8, 4) is 45.4 Å². The third kappa shape index (κ3) is 4.90. The Kier molecular flexibility index (Phi) is 7.81. The molecular weight excluding hydrogens is 495 g/mol. The molecule has 0 unspecified atom stereocenters. The first kappa shape index (κ1) is 25.9. The van der Waals surface area contributed by atoms with Crippen LogP contribution in [-0.4, -0.2) is 24.2 Å². The molecule has 0 amide bonds. The van der Waals surface area contributed by atoms with Gasteiger partial charge in [0.25, 0.3) is 0 Å². The highest BCUT2D eigenvalue weighted by atomic mass is 35.5. The van der Waals surface area contributed by atoms with Gasteiger partial charge in [-0.25, -0.2) is 9.97 Å². The first-order chi connectivity index (χ1) is 17.3. The van der Waals surface area contributed by atoms with Crippen molar-refractivity contribution in [2.75, 3.05) is 14.2 Å². The van der Waals surface area contributed by atoms with Gasteiger partial charge in [-0.2, -0.15) is 0 Å². The molecule has 36 heavy (non-hydrogen) atoms. The van der Waals surface area contributed by atoms with Crippen molar-refractivity contribution in [2.24, 2.45) is 11.5 Å². The lowest BCUT2D eigenvalue weighted by molar-refractivity contribution is 0.390. The number of rotatable bonds is 7. The minimum atomic E-state index is -0.209. The normalized spacial score (nSPS) is 12.8. The van der Waals surface area contributed by atoms with Crippen molar-refractivity contribution in [3.63, 3.8) is 0 Å². The van der Waals surface area contributed by atoms with Crippen LogP contribution in [0.15, 0.2) is 60.7 Å². The molecule has 0 saturated heterocycles. The lowest BCUT2D eigenvalue weighted by Crippen LogP contribution is -2.08. The highest BCUT2D eigenvalue weighted by molar-refractivity contribution is 6.39. The third-order valence-corrected chi connectivity index (χ3v) is 6.80. The summed E-state index contributed by atoms with van der Waals surface area (Å²) in [5.74, 6) is 0.943. The van der Waals surface area contributed by atoms with E-state index in [1.165, 1.54) is 0 Å². The van der Waals surface area contributed by atoms with Crippen molar-refractivity contribution < 1.29 is 9.47 Å². The Morgan fingerprint density at radius 2 is 0.972 bits per heavy atom. The molecule has 4 N–H and O–H groups in total. The Hall–Kier alpha value is -3.16. The van der Waals surface area contributed by atoms with Crippen LogP contribution in [0.2, 0.25) is 10.0 Å². The summed E-state index contributed by atoms with van der Waals surface area (Å²) in [5.41, 5.74) is 18.2. The van der Waals surface area contributed by atoms with Crippen LogP contribution in [0.1, 0.15) is 37.1 Å². The molecule has 2 heterocycles. The first-order valence-electron chi connectivity index (χ1n) is 11.5. The molecule has 0 fully saturated rings. The first-order valence-corrected chi connectivity index (χ1v) is 12.2. The fraction of sp³-hybridized carbons (Fsp3) is 0.214. The average Bonchev–Trinajstić information content (AvgIpc) is 2.88. The summed E-state index contributed by atoms with van der Waals surface area (Å²) in [6.07, 6.45) is 0. The van der Waals surface area contributed by atoms with E-state index in [4.69, 9.17) is 44.1 Å². The van der Waals surface area contributed by atoms with E-state index in [1.54, 1.807) is 14.2 Å². The van der Waals surface area contributed by atoms with Gasteiger partial charge in [-0.1, -0.05) is 59.6 Å². The van der Waals surface area contributed by atoms with E-state index in [-0.39, 0.29) is 12.1 Å². The molecule has 0 bridgehead atoms. The van der Waals surface area contributed by atoms with Crippen LogP contribution >= 0.6 is 23.2 Å². The summed E-state index contributed by atoms with van der Waals surface area (Å²) in [6.45, 7) is 3.77. The summed E-state index contributed by atoms with van der Waals surface area (Å²) in [4.78, 5) is 9.31. The minimum absolute atomic E-state index is 0.209. The van der Waals surface area contributed by atoms with Crippen molar-refractivity contribution >= 4 is 23.2 Å². The molecule has 4 aromatic rings. The lowest BCUT2D eigenvalue weighted by atomic mass is 9.97. The maximum atomic E-state index is 6.94. The minimum Gasteiger partial charge on any atom is -0.481 e. The number of halogens is 2. The molecule has 0 spiro atoms. The van der Waals surface area contributed by atoms with Gasteiger partial charge >= 0.3 is 0 Å². The standard InChI is InChI=1S/C28H28Cl2N4O2/c1-15(31)17-11-13-23(33-27(17)35-3)21-9-5-7-19(25(21)29)20-8-6-10-22(26(20)30)24-14-12-18(16(2)32)28(34-24)36-4/h5-16H,31-32H2,1-4H3/t15-,16+. The van der Waals surface area contributed by atoms with E-state index in [0.29, 0.717) is 33.2 Å². The van der Waals surface area contributed by atoms with E-state index >= 15 is 0 Å². The highest BCUT2D eigenvalue weighted by Crippen LogP contribution is 2.42. The van der Waals surface area contributed by atoms with E-state index < -0.39 is 0 Å². The number of nitrogens with zero attached hydrogens (tertiary/aromatic N) is 2. The Morgan fingerprint density at radius 1 is 0.611 bits per heavy atom. The quantitative estimate of drug-likeness (QED) is 0.275. The van der Waals surface area contributed by atoms with Crippen LogP contribution in [0, 0.1) is 0 Å². The molecule has 186 valence electrons. The number of nitrogens with two attached hydrogens (primary N) is 2. The molecule has 2 atom stereocenters. The second-order valence-electron chi connectivity index (χ2n) is 8.50. The van der Waals surface area contributed by atoms with Crippen molar-refractivity contribution in [3.05, 3.63) is 81.8 Å². The number of ether oxygens (including phenoxy) is 2. The van der Waals surface area contributed by atoms with Gasteiger partial charge in [0, 0.05) is 45.5 Å². The SMILES string of the molecule is COc1nc(-c2cccc(-c3cccc(-c4ccc([C@@H](C)N)c(OC)n4)c3Cl)c2Cl)ccc1[C@H](C)N. The number of pyridine rings is 2. The molecule has 0 aliphatic heterocycles. The number of hydrogen-bond donors (Lipinski definition) is 2. The van der Waals surface area contributed by atoms with Crippen LogP contribution < -0.4 is 20.9 Å². The summed E-state index contributed by atoms with van der Waals surface area (Å²) in [7, 11) is 3.15. The van der Waals surface area contributed by atoms with Gasteiger partial charge in [-0.3, -0.25) is 0 Å². The van der Waals surface area contributed by atoms with Crippen LogP contribution in [0.25, 0.3) is 33.6 Å². The summed E-state index contributed by atoms with van der Waals surface area (Å²) in [6, 6.07) is 18.7. The molecule has 6 nitrogen and oxygen atoms in total. The van der Waals surface area contributed by atoms with Gasteiger partial charge in [0.15, 0.2) is 0 Å². The smallest absolute Gasteiger partial charge is 0.218 e. The monoisotopic (exact) mass is 522 g/mol. The highest BCUT2D eigenvalue weighted by Gasteiger charge is 2.19. The maximum absolute atomic E-state index is 6.94. The number of hydrogen-bond acceptors (Lipinski definition) is 6. The fourth-order valence-electron chi connectivity index (χ4n) is 4.10. The zero-order valence-electron chi connectivity index (χ0n) is 20.5. The Bertz CT molecular complexity index is 1300. The van der Waals surface area contributed by atoms with E-state index in [1.807, 2.05) is 74.5 Å². The van der Waals surface area contributed by atoms with Crippen LogP contribution in [0.5, 0.6) is 11.8 Å². The average molecular weight is 523 g/mol. The second-order valence-corrected chi connectivity index (χ2v) is 9.26. The van der Waals surface area contributed by atoms with E-state index in [2.05, 4.69) is 9.97 Å². The second kappa shape index (κ2) is 10.8. The van der Waals surface area contributed by atoms with Crippen LogP contribution in [0.3, 0.4) is 0 Å². The maximum Gasteiger partial charge on any atom is 0.218 e. The van der Waals surface area contributed by atoms with Gasteiger partial charge in [0.05, 0.1) is 35.7 Å². The third-order valence-electron chi connectivity index (χ3n) is 5.99. The predicted octanol–water partition coefficient (Wildman–Crippen LogP) is 6.84. The largest absolute Gasteiger partial charge is 0.481 e. The molecule has 0 aliphatic rings. The molecule has 0 saturated carbocycles. The molecule has 2 aromatic heterocycles. The van der Waals surface area contributed by atoms with Crippen LogP contribution in [0.4, 0.5) is 0 Å². The molecule has 0 radical (unpaired) electrons. The van der Waals surface area contributed by atoms with Gasteiger partial charge in [0.2, 0.25) is 11.8 Å². The topological polar surface area (TPSA) is 96.3 Å². The molecular formula is C28H28Cl2N4O2. The van der Waals surface area contributed by atoms with Crippen molar-refractivity contribution in [1.82, 2.24) is 9.97 Å². The van der Waals surface area contributed by atoms with Gasteiger partial charge in [-0.05, 0) is 38.1 Å². The molecule has 2 aromatic carbocycles. The van der Waals surface area contributed by atoms with E-state index in [0.717, 1.165) is 33.4 Å². The van der Waals surface area contributed by atoms with Crippen molar-refractivity contribution in [1.29, 1.82) is 0 Å².